The van der Waals surface area contributed by atoms with Crippen LogP contribution in [0.25, 0.3) is 17.0 Å². The standard InChI is InChI=1S/C22H20FN5/c1-13-17-12-15(23)5-6-20(17)26-21(25-13)8-7-18-14(2)28-11-9-19-16(22(28)27-18)4-3-10-24-19/h3-6,9-12,14,18H,7-8H2,1-2H3. The molecule has 2 aliphatic rings. The lowest BCUT2D eigenvalue weighted by molar-refractivity contribution is 0.391. The molecule has 0 saturated heterocycles. The van der Waals surface area contributed by atoms with E-state index in [0.29, 0.717) is 0 Å². The van der Waals surface area contributed by atoms with Crippen LogP contribution in [0, 0.1) is 12.7 Å². The van der Waals surface area contributed by atoms with Crippen molar-refractivity contribution in [3.05, 3.63) is 71.3 Å². The second-order valence-electron chi connectivity index (χ2n) is 7.35. The van der Waals surface area contributed by atoms with Gasteiger partial charge in [0.2, 0.25) is 0 Å². The van der Waals surface area contributed by atoms with Gasteiger partial charge in [0.05, 0.1) is 23.3 Å². The van der Waals surface area contributed by atoms with E-state index in [1.807, 2.05) is 19.1 Å². The van der Waals surface area contributed by atoms with E-state index in [0.717, 1.165) is 52.4 Å². The van der Waals surface area contributed by atoms with E-state index < -0.39 is 0 Å². The summed E-state index contributed by atoms with van der Waals surface area (Å²) in [4.78, 5) is 20.9. The molecule has 2 unspecified atom stereocenters. The molecule has 140 valence electrons. The molecule has 0 fully saturated rings. The highest BCUT2D eigenvalue weighted by atomic mass is 19.1. The predicted octanol–water partition coefficient (Wildman–Crippen LogP) is 3.91. The van der Waals surface area contributed by atoms with Crippen LogP contribution >= 0.6 is 0 Å². The van der Waals surface area contributed by atoms with Crippen molar-refractivity contribution < 1.29 is 4.39 Å². The Morgan fingerprint density at radius 2 is 2.07 bits per heavy atom. The van der Waals surface area contributed by atoms with Gasteiger partial charge in [-0.3, -0.25) is 9.98 Å². The zero-order valence-corrected chi connectivity index (χ0v) is 15.8. The number of hydrogen-bond donors (Lipinski definition) is 0. The molecule has 5 nitrogen and oxygen atoms in total. The molecule has 0 bridgehead atoms. The summed E-state index contributed by atoms with van der Waals surface area (Å²) in [5.74, 6) is 1.52. The van der Waals surface area contributed by atoms with Gasteiger partial charge in [0.15, 0.2) is 0 Å². The minimum Gasteiger partial charge on any atom is -0.328 e. The maximum Gasteiger partial charge on any atom is 0.137 e. The minimum absolute atomic E-state index is 0.165. The lowest BCUT2D eigenvalue weighted by atomic mass is 10.0. The predicted molar refractivity (Wildman–Crippen MR) is 107 cm³/mol. The van der Waals surface area contributed by atoms with Gasteiger partial charge >= 0.3 is 0 Å². The third-order valence-corrected chi connectivity index (χ3v) is 5.56. The summed E-state index contributed by atoms with van der Waals surface area (Å²) >= 11 is 0. The van der Waals surface area contributed by atoms with E-state index in [-0.39, 0.29) is 17.9 Å². The van der Waals surface area contributed by atoms with Gasteiger partial charge in [-0.15, -0.1) is 0 Å². The van der Waals surface area contributed by atoms with E-state index >= 15 is 0 Å². The zero-order chi connectivity index (χ0) is 19.3. The number of aromatic nitrogens is 3. The molecule has 0 radical (unpaired) electrons. The molecular weight excluding hydrogens is 353 g/mol. The SMILES string of the molecule is Cc1nc(CCC2N=C3c4cccnc4C=CN3C2C)nc2ccc(F)cc12. The zero-order valence-electron chi connectivity index (χ0n) is 15.8. The Bertz CT molecular complexity index is 1140. The number of halogens is 1. The fraction of sp³-hybridized carbons (Fsp3) is 0.273. The van der Waals surface area contributed by atoms with Gasteiger partial charge in [0.25, 0.3) is 0 Å². The minimum atomic E-state index is -0.262. The van der Waals surface area contributed by atoms with Crippen LogP contribution in [0.1, 0.15) is 36.1 Å². The van der Waals surface area contributed by atoms with E-state index in [4.69, 9.17) is 4.99 Å². The van der Waals surface area contributed by atoms with Gasteiger partial charge in [0.1, 0.15) is 17.5 Å². The average Bonchev–Trinajstić information content (AvgIpc) is 3.03. The maximum atomic E-state index is 13.5. The highest BCUT2D eigenvalue weighted by Crippen LogP contribution is 2.29. The molecule has 0 saturated carbocycles. The topological polar surface area (TPSA) is 54.3 Å². The van der Waals surface area contributed by atoms with Crippen molar-refractivity contribution in [3.63, 3.8) is 0 Å². The average molecular weight is 373 g/mol. The maximum absolute atomic E-state index is 13.5. The summed E-state index contributed by atoms with van der Waals surface area (Å²) in [7, 11) is 0. The first-order valence-corrected chi connectivity index (χ1v) is 9.52. The van der Waals surface area contributed by atoms with Gasteiger partial charge < -0.3 is 4.90 Å². The molecule has 2 atom stereocenters. The Kier molecular flexibility index (Phi) is 3.93. The Morgan fingerprint density at radius 1 is 1.18 bits per heavy atom. The number of hydrogen-bond acceptors (Lipinski definition) is 5. The number of rotatable bonds is 3. The third kappa shape index (κ3) is 2.76. The Morgan fingerprint density at radius 3 is 2.96 bits per heavy atom. The largest absolute Gasteiger partial charge is 0.328 e. The highest BCUT2D eigenvalue weighted by molar-refractivity contribution is 6.05. The molecule has 6 heteroatoms. The molecule has 4 heterocycles. The van der Waals surface area contributed by atoms with Crippen LogP contribution in [0.2, 0.25) is 0 Å². The lowest BCUT2D eigenvalue weighted by Crippen LogP contribution is -2.35. The molecule has 28 heavy (non-hydrogen) atoms. The summed E-state index contributed by atoms with van der Waals surface area (Å²) in [6.45, 7) is 4.10. The number of aliphatic imine (C=N–C) groups is 1. The van der Waals surface area contributed by atoms with Crippen LogP contribution in [0.15, 0.2) is 47.7 Å². The highest BCUT2D eigenvalue weighted by Gasteiger charge is 2.34. The molecule has 2 aliphatic heterocycles. The molecule has 0 N–H and O–H groups in total. The van der Waals surface area contributed by atoms with Crippen molar-refractivity contribution in [2.24, 2.45) is 4.99 Å². The molecule has 0 spiro atoms. The lowest BCUT2D eigenvalue weighted by Gasteiger charge is -2.27. The summed E-state index contributed by atoms with van der Waals surface area (Å²) in [6.07, 6.45) is 7.51. The van der Waals surface area contributed by atoms with Crippen LogP contribution in [0.5, 0.6) is 0 Å². The van der Waals surface area contributed by atoms with Crippen LogP contribution in [0.3, 0.4) is 0 Å². The fourth-order valence-electron chi connectivity index (χ4n) is 4.02. The summed E-state index contributed by atoms with van der Waals surface area (Å²) < 4.78 is 13.5. The molecule has 5 rings (SSSR count). The van der Waals surface area contributed by atoms with Crippen molar-refractivity contribution >= 4 is 22.8 Å². The van der Waals surface area contributed by atoms with Crippen LogP contribution in [0.4, 0.5) is 4.39 Å². The summed E-state index contributed by atoms with van der Waals surface area (Å²) in [5.41, 5.74) is 3.64. The number of aryl methyl sites for hydroxylation is 2. The molecule has 0 aliphatic carbocycles. The van der Waals surface area contributed by atoms with Gasteiger partial charge in [-0.1, -0.05) is 0 Å². The number of amidine groups is 1. The fourth-order valence-corrected chi connectivity index (χ4v) is 4.02. The van der Waals surface area contributed by atoms with Crippen molar-refractivity contribution in [1.29, 1.82) is 0 Å². The van der Waals surface area contributed by atoms with E-state index in [1.165, 1.54) is 12.1 Å². The summed E-state index contributed by atoms with van der Waals surface area (Å²) in [6, 6.07) is 9.12. The van der Waals surface area contributed by atoms with E-state index in [9.17, 15) is 4.39 Å². The third-order valence-electron chi connectivity index (χ3n) is 5.56. The van der Waals surface area contributed by atoms with Crippen LogP contribution < -0.4 is 0 Å². The van der Waals surface area contributed by atoms with Crippen molar-refractivity contribution in [1.82, 2.24) is 19.9 Å². The Hall–Kier alpha value is -3.15. The molecule has 1 aromatic carbocycles. The van der Waals surface area contributed by atoms with Crippen molar-refractivity contribution in [3.8, 4) is 0 Å². The first-order chi connectivity index (χ1) is 13.6. The molecule has 0 amide bonds. The van der Waals surface area contributed by atoms with Gasteiger partial charge in [0, 0.05) is 35.5 Å². The van der Waals surface area contributed by atoms with E-state index in [2.05, 4.69) is 39.0 Å². The van der Waals surface area contributed by atoms with Gasteiger partial charge in [-0.2, -0.15) is 0 Å². The van der Waals surface area contributed by atoms with Gasteiger partial charge in [-0.05, 0) is 56.7 Å². The molecule has 3 aromatic rings. The van der Waals surface area contributed by atoms with Crippen molar-refractivity contribution in [2.75, 3.05) is 0 Å². The monoisotopic (exact) mass is 373 g/mol. The van der Waals surface area contributed by atoms with Crippen LogP contribution in [-0.4, -0.2) is 37.8 Å². The first kappa shape index (κ1) is 17.0. The normalized spacial score (nSPS) is 20.2. The number of fused-ring (bicyclic) bond motifs is 4. The number of pyridine rings is 1. The number of benzene rings is 1. The molecular formula is C22H20FN5. The first-order valence-electron chi connectivity index (χ1n) is 9.52. The quantitative estimate of drug-likeness (QED) is 0.699. The Labute approximate surface area is 162 Å². The van der Waals surface area contributed by atoms with Gasteiger partial charge in [-0.25, -0.2) is 14.4 Å². The summed E-state index contributed by atoms with van der Waals surface area (Å²) in [5, 5.41) is 0.768. The van der Waals surface area contributed by atoms with E-state index in [1.54, 1.807) is 12.3 Å². The smallest absolute Gasteiger partial charge is 0.137 e. The second kappa shape index (κ2) is 6.48. The van der Waals surface area contributed by atoms with Crippen LogP contribution in [-0.2, 0) is 6.42 Å². The second-order valence-corrected chi connectivity index (χ2v) is 7.35. The Balaban J connectivity index is 1.39. The molecule has 2 aromatic heterocycles. The van der Waals surface area contributed by atoms with Crippen molar-refractivity contribution in [2.45, 2.75) is 38.8 Å². The number of nitrogens with zero attached hydrogens (tertiary/aromatic N) is 5.